The molecule has 29 heavy (non-hydrogen) atoms. The van der Waals surface area contributed by atoms with E-state index < -0.39 is 11.6 Å². The fraction of sp³-hybridized carbons (Fsp3) is 0.115. The summed E-state index contributed by atoms with van der Waals surface area (Å²) in [6, 6.07) is 31.1. The van der Waals surface area contributed by atoms with Gasteiger partial charge in [-0.3, -0.25) is 0 Å². The van der Waals surface area contributed by atoms with Crippen LogP contribution in [0.25, 0.3) is 0 Å². The summed E-state index contributed by atoms with van der Waals surface area (Å²) in [6.07, 6.45) is 2.45. The van der Waals surface area contributed by atoms with Crippen LogP contribution < -0.4 is 0 Å². The predicted molar refractivity (Wildman–Crippen MR) is 117 cm³/mol. The zero-order chi connectivity index (χ0) is 20.3. The number of imidazole rings is 1. The molecule has 3 nitrogen and oxygen atoms in total. The second-order valence-corrected chi connectivity index (χ2v) is 7.05. The fourth-order valence-corrected chi connectivity index (χ4v) is 4.15. The molecule has 0 bridgehead atoms. The minimum atomic E-state index is -0.827. The Morgan fingerprint density at radius 3 is 1.62 bits per heavy atom. The van der Waals surface area contributed by atoms with Gasteiger partial charge in [-0.05, 0) is 23.6 Å². The van der Waals surface area contributed by atoms with Crippen molar-refractivity contribution in [3.8, 4) is 0 Å². The first-order valence-corrected chi connectivity index (χ1v) is 9.71. The second-order valence-electron chi connectivity index (χ2n) is 7.05. The van der Waals surface area contributed by atoms with Crippen LogP contribution in [0.1, 0.15) is 34.3 Å². The van der Waals surface area contributed by atoms with Gasteiger partial charge in [0.15, 0.2) is 0 Å². The molecule has 144 valence electrons. The van der Waals surface area contributed by atoms with Gasteiger partial charge < -0.3 is 9.67 Å². The minimum absolute atomic E-state index is 0.691. The number of hydrogen-bond acceptors (Lipinski definition) is 2. The van der Waals surface area contributed by atoms with Gasteiger partial charge in [-0.15, -0.1) is 6.58 Å². The van der Waals surface area contributed by atoms with Crippen molar-refractivity contribution in [2.24, 2.45) is 0 Å². The van der Waals surface area contributed by atoms with Crippen LogP contribution in [0.15, 0.2) is 110 Å². The van der Waals surface area contributed by atoms with Crippen LogP contribution in [0.2, 0.25) is 0 Å². The van der Waals surface area contributed by atoms with Gasteiger partial charge in [0, 0.05) is 0 Å². The maximum atomic E-state index is 10.7. The molecule has 0 saturated carbocycles. The Bertz CT molecular complexity index is 989. The van der Waals surface area contributed by atoms with E-state index in [1.807, 2.05) is 61.5 Å². The van der Waals surface area contributed by atoms with Crippen LogP contribution in [-0.4, -0.2) is 14.7 Å². The summed E-state index contributed by atoms with van der Waals surface area (Å²) in [7, 11) is 0. The number of aliphatic hydroxyl groups excluding tert-OH is 1. The maximum Gasteiger partial charge on any atom is 0.122 e. The zero-order valence-electron chi connectivity index (χ0n) is 16.4. The lowest BCUT2D eigenvalue weighted by Crippen LogP contribution is -2.40. The lowest BCUT2D eigenvalue weighted by atomic mass is 9.76. The van der Waals surface area contributed by atoms with Crippen LogP contribution in [0.5, 0.6) is 0 Å². The Morgan fingerprint density at radius 2 is 1.24 bits per heavy atom. The molecule has 0 aliphatic carbocycles. The molecular formula is C26H24N2O. The highest BCUT2D eigenvalue weighted by atomic mass is 16.3. The molecule has 0 aliphatic rings. The van der Waals surface area contributed by atoms with E-state index in [0.29, 0.717) is 5.69 Å². The van der Waals surface area contributed by atoms with Gasteiger partial charge in [0.25, 0.3) is 0 Å². The SMILES string of the molecule is C=CC(O)c1cnc(C)n1C(c1ccccc1)(c1ccccc1)c1ccccc1. The maximum absolute atomic E-state index is 10.7. The highest BCUT2D eigenvalue weighted by Gasteiger charge is 2.41. The van der Waals surface area contributed by atoms with Gasteiger partial charge in [-0.25, -0.2) is 4.98 Å². The minimum Gasteiger partial charge on any atom is -0.383 e. The third-order valence-corrected chi connectivity index (χ3v) is 5.40. The molecule has 1 N–H and O–H groups in total. The van der Waals surface area contributed by atoms with Crippen LogP contribution in [-0.2, 0) is 5.54 Å². The second kappa shape index (κ2) is 7.90. The Balaban J connectivity index is 2.19. The van der Waals surface area contributed by atoms with Gasteiger partial charge in [-0.2, -0.15) is 0 Å². The van der Waals surface area contributed by atoms with E-state index in [4.69, 9.17) is 0 Å². The average molecular weight is 380 g/mol. The molecule has 0 fully saturated rings. The van der Waals surface area contributed by atoms with E-state index in [-0.39, 0.29) is 0 Å². The van der Waals surface area contributed by atoms with Crippen molar-refractivity contribution < 1.29 is 5.11 Å². The molecule has 0 spiro atoms. The van der Waals surface area contributed by atoms with Crippen molar-refractivity contribution in [3.63, 3.8) is 0 Å². The molecule has 1 aromatic heterocycles. The first kappa shape index (κ1) is 18.9. The average Bonchev–Trinajstić information content (AvgIpc) is 3.18. The number of benzene rings is 3. The number of hydrogen-bond donors (Lipinski definition) is 1. The zero-order valence-corrected chi connectivity index (χ0v) is 16.4. The number of rotatable bonds is 6. The molecule has 0 radical (unpaired) electrons. The number of aliphatic hydroxyl groups is 1. The highest BCUT2D eigenvalue weighted by molar-refractivity contribution is 5.52. The normalized spacial score (nSPS) is 12.5. The molecule has 4 rings (SSSR count). The molecule has 1 atom stereocenters. The molecule has 1 unspecified atom stereocenters. The van der Waals surface area contributed by atoms with Gasteiger partial charge >= 0.3 is 0 Å². The van der Waals surface area contributed by atoms with E-state index in [9.17, 15) is 5.11 Å². The Morgan fingerprint density at radius 1 is 0.828 bits per heavy atom. The van der Waals surface area contributed by atoms with Crippen LogP contribution >= 0.6 is 0 Å². The third-order valence-electron chi connectivity index (χ3n) is 5.40. The first-order valence-electron chi connectivity index (χ1n) is 9.71. The van der Waals surface area contributed by atoms with Gasteiger partial charge in [0.2, 0.25) is 0 Å². The molecule has 4 aromatic rings. The predicted octanol–water partition coefficient (Wildman–Crippen LogP) is 5.25. The summed E-state index contributed by atoms with van der Waals surface area (Å²) < 4.78 is 2.14. The Kier molecular flexibility index (Phi) is 5.15. The van der Waals surface area contributed by atoms with Gasteiger partial charge in [0.05, 0.1) is 11.9 Å². The third kappa shape index (κ3) is 3.10. The van der Waals surface area contributed by atoms with E-state index >= 15 is 0 Å². The monoisotopic (exact) mass is 380 g/mol. The van der Waals surface area contributed by atoms with Gasteiger partial charge in [-0.1, -0.05) is 97.1 Å². The van der Waals surface area contributed by atoms with E-state index in [2.05, 4.69) is 52.5 Å². The largest absolute Gasteiger partial charge is 0.383 e. The number of nitrogens with zero attached hydrogens (tertiary/aromatic N) is 2. The fourth-order valence-electron chi connectivity index (χ4n) is 4.15. The quantitative estimate of drug-likeness (QED) is 0.366. The lowest BCUT2D eigenvalue weighted by molar-refractivity contribution is 0.213. The summed E-state index contributed by atoms with van der Waals surface area (Å²) >= 11 is 0. The standard InChI is InChI=1S/C26H24N2O/c1-3-25(29)24-19-27-20(2)28(24)26(21-13-7-4-8-14-21,22-15-9-5-10-16-22)23-17-11-6-12-18-23/h3-19,25,29H,1H2,2H3. The summed E-state index contributed by atoms with van der Waals surface area (Å²) in [6.45, 7) is 5.77. The molecule has 0 saturated heterocycles. The van der Waals surface area contributed by atoms with Crippen molar-refractivity contribution in [2.45, 2.75) is 18.6 Å². The molecule has 0 aliphatic heterocycles. The van der Waals surface area contributed by atoms with E-state index in [1.165, 1.54) is 0 Å². The topological polar surface area (TPSA) is 38.1 Å². The Hall–Kier alpha value is -3.43. The van der Waals surface area contributed by atoms with E-state index in [0.717, 1.165) is 22.5 Å². The highest BCUT2D eigenvalue weighted by Crippen LogP contribution is 2.43. The van der Waals surface area contributed by atoms with Crippen molar-refractivity contribution in [1.29, 1.82) is 0 Å². The lowest BCUT2D eigenvalue weighted by Gasteiger charge is -2.40. The van der Waals surface area contributed by atoms with E-state index in [1.54, 1.807) is 12.3 Å². The number of aromatic nitrogens is 2. The van der Waals surface area contributed by atoms with Crippen molar-refractivity contribution in [1.82, 2.24) is 9.55 Å². The van der Waals surface area contributed by atoms with Crippen LogP contribution in [0.4, 0.5) is 0 Å². The summed E-state index contributed by atoms with van der Waals surface area (Å²) in [5.74, 6) is 0.817. The van der Waals surface area contributed by atoms with Crippen molar-refractivity contribution >= 4 is 0 Å². The number of aryl methyl sites for hydroxylation is 1. The molecule has 3 heteroatoms. The molecular weight excluding hydrogens is 356 g/mol. The van der Waals surface area contributed by atoms with Crippen molar-refractivity contribution in [2.75, 3.05) is 0 Å². The first-order chi connectivity index (χ1) is 14.2. The molecule has 1 heterocycles. The summed E-state index contributed by atoms with van der Waals surface area (Å²) in [4.78, 5) is 4.58. The molecule has 0 amide bonds. The van der Waals surface area contributed by atoms with Gasteiger partial charge in [0.1, 0.15) is 17.5 Å². The summed E-state index contributed by atoms with van der Waals surface area (Å²) in [5.41, 5.74) is 3.29. The van der Waals surface area contributed by atoms with Crippen molar-refractivity contribution in [3.05, 3.63) is 138 Å². The smallest absolute Gasteiger partial charge is 0.122 e. The van der Waals surface area contributed by atoms with Crippen LogP contribution in [0.3, 0.4) is 0 Å². The molecule has 3 aromatic carbocycles. The van der Waals surface area contributed by atoms with Crippen LogP contribution in [0, 0.1) is 6.92 Å². The Labute approximate surface area is 171 Å². The summed E-state index contributed by atoms with van der Waals surface area (Å²) in [5, 5.41) is 10.7.